The van der Waals surface area contributed by atoms with E-state index in [0.29, 0.717) is 25.7 Å². The maximum Gasteiger partial charge on any atom is 0.310 e. The van der Waals surface area contributed by atoms with Crippen molar-refractivity contribution in [3.63, 3.8) is 0 Å². The number of aliphatic hydroxyl groups is 1. The summed E-state index contributed by atoms with van der Waals surface area (Å²) in [6, 6.07) is 0. The van der Waals surface area contributed by atoms with Crippen molar-refractivity contribution in [2.75, 3.05) is 6.54 Å². The van der Waals surface area contributed by atoms with E-state index in [4.69, 9.17) is 0 Å². The highest BCUT2D eigenvalue weighted by Gasteiger charge is 2.38. The van der Waals surface area contributed by atoms with Gasteiger partial charge in [-0.15, -0.1) is 0 Å². The van der Waals surface area contributed by atoms with E-state index in [2.05, 4.69) is 5.32 Å². The summed E-state index contributed by atoms with van der Waals surface area (Å²) >= 11 is 0. The summed E-state index contributed by atoms with van der Waals surface area (Å²) in [5.41, 5.74) is -1.74. The maximum absolute atomic E-state index is 11.8. The molecular formula is C13H23NO4. The van der Waals surface area contributed by atoms with Crippen molar-refractivity contribution < 1.29 is 19.8 Å². The molecule has 0 radical (unpaired) electrons. The monoisotopic (exact) mass is 257 g/mol. The van der Waals surface area contributed by atoms with Gasteiger partial charge in [-0.2, -0.15) is 0 Å². The van der Waals surface area contributed by atoms with Crippen molar-refractivity contribution in [2.24, 2.45) is 5.41 Å². The maximum atomic E-state index is 11.8. The molecule has 1 saturated carbocycles. The van der Waals surface area contributed by atoms with E-state index in [1.165, 1.54) is 0 Å². The lowest BCUT2D eigenvalue weighted by molar-refractivity contribution is -0.152. The molecule has 0 aromatic carbocycles. The predicted octanol–water partition coefficient (Wildman–Crippen LogP) is 1.30. The summed E-state index contributed by atoms with van der Waals surface area (Å²) < 4.78 is 0. The Balaban J connectivity index is 2.49. The Morgan fingerprint density at radius 1 is 1.28 bits per heavy atom. The molecule has 0 bridgehead atoms. The van der Waals surface area contributed by atoms with Gasteiger partial charge in [0.15, 0.2) is 0 Å². The number of carboxylic acid groups (broad SMARTS) is 1. The topological polar surface area (TPSA) is 86.6 Å². The van der Waals surface area contributed by atoms with Crippen LogP contribution in [0, 0.1) is 5.41 Å². The van der Waals surface area contributed by atoms with Gasteiger partial charge in [0.25, 0.3) is 0 Å². The molecule has 5 heteroatoms. The third-order valence-electron chi connectivity index (χ3n) is 4.21. The van der Waals surface area contributed by atoms with E-state index in [0.717, 1.165) is 6.42 Å². The largest absolute Gasteiger partial charge is 0.481 e. The van der Waals surface area contributed by atoms with E-state index in [1.807, 2.05) is 0 Å². The Hall–Kier alpha value is -1.10. The summed E-state index contributed by atoms with van der Waals surface area (Å²) in [6.07, 6.45) is 3.23. The van der Waals surface area contributed by atoms with Gasteiger partial charge in [-0.25, -0.2) is 0 Å². The van der Waals surface area contributed by atoms with Crippen LogP contribution in [0.1, 0.15) is 52.4 Å². The lowest BCUT2D eigenvalue weighted by Gasteiger charge is -2.37. The first-order chi connectivity index (χ1) is 8.37. The number of nitrogens with one attached hydrogen (secondary N) is 1. The quantitative estimate of drug-likeness (QED) is 0.641. The van der Waals surface area contributed by atoms with Gasteiger partial charge in [0.2, 0.25) is 5.91 Å². The van der Waals surface area contributed by atoms with Gasteiger partial charge in [-0.3, -0.25) is 9.59 Å². The van der Waals surface area contributed by atoms with E-state index < -0.39 is 17.0 Å². The van der Waals surface area contributed by atoms with Crippen LogP contribution in [0.25, 0.3) is 0 Å². The van der Waals surface area contributed by atoms with Gasteiger partial charge < -0.3 is 15.5 Å². The minimum Gasteiger partial charge on any atom is -0.481 e. The first-order valence-electron chi connectivity index (χ1n) is 6.60. The van der Waals surface area contributed by atoms with E-state index in [-0.39, 0.29) is 18.9 Å². The summed E-state index contributed by atoms with van der Waals surface area (Å²) in [7, 11) is 0. The van der Waals surface area contributed by atoms with E-state index >= 15 is 0 Å². The molecule has 1 aliphatic rings. The summed E-state index contributed by atoms with van der Waals surface area (Å²) in [4.78, 5) is 23.0. The minimum atomic E-state index is -0.980. The fourth-order valence-electron chi connectivity index (χ4n) is 2.27. The lowest BCUT2D eigenvalue weighted by Crippen LogP contribution is -2.48. The van der Waals surface area contributed by atoms with Crippen LogP contribution in [-0.2, 0) is 9.59 Å². The molecular weight excluding hydrogens is 234 g/mol. The van der Waals surface area contributed by atoms with Crippen LogP contribution in [0.2, 0.25) is 0 Å². The van der Waals surface area contributed by atoms with Crippen LogP contribution in [0.15, 0.2) is 0 Å². The smallest absolute Gasteiger partial charge is 0.310 e. The van der Waals surface area contributed by atoms with Crippen LogP contribution in [-0.4, -0.2) is 34.2 Å². The molecule has 3 N–H and O–H groups in total. The van der Waals surface area contributed by atoms with E-state index in [1.54, 1.807) is 13.8 Å². The Labute approximate surface area is 108 Å². The average Bonchev–Trinajstić information content (AvgIpc) is 2.30. The molecule has 0 saturated heterocycles. The van der Waals surface area contributed by atoms with Crippen LogP contribution in [0.4, 0.5) is 0 Å². The molecule has 5 nitrogen and oxygen atoms in total. The van der Waals surface area contributed by atoms with Gasteiger partial charge in [0.05, 0.1) is 11.0 Å². The molecule has 1 amide bonds. The molecule has 1 rings (SSSR count). The highest BCUT2D eigenvalue weighted by atomic mass is 16.4. The molecule has 0 atom stereocenters. The number of aliphatic carboxylic acids is 1. The second-order valence-corrected chi connectivity index (χ2v) is 5.32. The van der Waals surface area contributed by atoms with Crippen LogP contribution < -0.4 is 5.32 Å². The Morgan fingerprint density at radius 2 is 1.83 bits per heavy atom. The molecule has 0 spiro atoms. The molecule has 0 unspecified atom stereocenters. The molecule has 0 aliphatic heterocycles. The van der Waals surface area contributed by atoms with Crippen molar-refractivity contribution in [1.82, 2.24) is 5.32 Å². The number of hydrogen-bond donors (Lipinski definition) is 3. The standard InChI is InChI=1S/C13H23NO4/c1-3-12(4-2,11(16)17)8-10(15)14-9-13(18)6-5-7-13/h18H,3-9H2,1-2H3,(H,14,15)(H,16,17). The fraction of sp³-hybridized carbons (Fsp3) is 0.846. The third kappa shape index (κ3) is 3.22. The Bertz CT molecular complexity index is 319. The molecule has 1 fully saturated rings. The zero-order chi connectivity index (χ0) is 13.8. The highest BCUT2D eigenvalue weighted by molar-refractivity contribution is 5.84. The van der Waals surface area contributed by atoms with Crippen molar-refractivity contribution in [1.29, 1.82) is 0 Å². The number of hydrogen-bond acceptors (Lipinski definition) is 3. The highest BCUT2D eigenvalue weighted by Crippen LogP contribution is 2.32. The van der Waals surface area contributed by atoms with Gasteiger partial charge in [0.1, 0.15) is 0 Å². The van der Waals surface area contributed by atoms with Gasteiger partial charge in [0, 0.05) is 13.0 Å². The Morgan fingerprint density at radius 3 is 2.17 bits per heavy atom. The molecule has 18 heavy (non-hydrogen) atoms. The molecule has 1 aliphatic carbocycles. The zero-order valence-electron chi connectivity index (χ0n) is 11.2. The van der Waals surface area contributed by atoms with Crippen LogP contribution >= 0.6 is 0 Å². The lowest BCUT2D eigenvalue weighted by atomic mass is 9.78. The predicted molar refractivity (Wildman–Crippen MR) is 67.1 cm³/mol. The van der Waals surface area contributed by atoms with Crippen molar-refractivity contribution >= 4 is 11.9 Å². The number of carbonyl (C=O) groups excluding carboxylic acids is 1. The third-order valence-corrected chi connectivity index (χ3v) is 4.21. The van der Waals surface area contributed by atoms with Gasteiger partial charge >= 0.3 is 5.97 Å². The molecule has 0 heterocycles. The first kappa shape index (κ1) is 15.0. The number of amides is 1. The molecule has 0 aromatic rings. The second kappa shape index (κ2) is 5.69. The summed E-state index contributed by atoms with van der Waals surface area (Å²) in [5.74, 6) is -1.22. The SMILES string of the molecule is CCC(CC)(CC(=O)NCC1(O)CCC1)C(=O)O. The van der Waals surface area contributed by atoms with Gasteiger partial charge in [-0.1, -0.05) is 13.8 Å². The number of rotatable bonds is 7. The average molecular weight is 257 g/mol. The summed E-state index contributed by atoms with van der Waals surface area (Å²) in [6.45, 7) is 3.80. The Kier molecular flexibility index (Phi) is 4.73. The molecule has 0 aromatic heterocycles. The van der Waals surface area contributed by atoms with E-state index in [9.17, 15) is 19.8 Å². The fourth-order valence-corrected chi connectivity index (χ4v) is 2.27. The van der Waals surface area contributed by atoms with Gasteiger partial charge in [-0.05, 0) is 32.1 Å². The summed E-state index contributed by atoms with van der Waals surface area (Å²) in [5, 5.41) is 21.7. The number of carboxylic acids is 1. The zero-order valence-corrected chi connectivity index (χ0v) is 11.2. The normalized spacial score (nSPS) is 17.9. The number of carbonyl (C=O) groups is 2. The van der Waals surface area contributed by atoms with Crippen molar-refractivity contribution in [3.05, 3.63) is 0 Å². The second-order valence-electron chi connectivity index (χ2n) is 5.32. The van der Waals surface area contributed by atoms with Crippen LogP contribution in [0.3, 0.4) is 0 Å². The first-order valence-corrected chi connectivity index (χ1v) is 6.60. The van der Waals surface area contributed by atoms with Crippen molar-refractivity contribution in [2.45, 2.75) is 58.0 Å². The molecule has 104 valence electrons. The minimum absolute atomic E-state index is 0.0224. The van der Waals surface area contributed by atoms with Crippen molar-refractivity contribution in [3.8, 4) is 0 Å². The van der Waals surface area contributed by atoms with Crippen LogP contribution in [0.5, 0.6) is 0 Å².